The fraction of sp³-hybridized carbons (Fsp3) is 0.245. The average molecular weight is 908 g/mol. The fourth-order valence-electron chi connectivity index (χ4n) is 8.83. The maximum Gasteiger partial charge on any atom is 0.322 e. The number of nitrogen functional groups attached to an aromatic ring is 1. The number of nitrogens with one attached hydrogen (secondary N) is 2. The number of carbonyl (C=O) groups is 5. The zero-order valence-corrected chi connectivity index (χ0v) is 36.8. The van der Waals surface area contributed by atoms with Crippen LogP contribution < -0.4 is 30.7 Å². The molecular formula is C49H46ClN9O7. The van der Waals surface area contributed by atoms with E-state index in [1.54, 1.807) is 41.4 Å². The van der Waals surface area contributed by atoms with E-state index in [9.17, 15) is 24.0 Å². The number of halogens is 1. The predicted molar refractivity (Wildman–Crippen MR) is 248 cm³/mol. The Morgan fingerprint density at radius 2 is 1.76 bits per heavy atom. The second kappa shape index (κ2) is 18.4. The van der Waals surface area contributed by atoms with Gasteiger partial charge in [0.1, 0.15) is 34.8 Å². The van der Waals surface area contributed by atoms with E-state index in [4.69, 9.17) is 31.9 Å². The molecule has 1 unspecified atom stereocenters. The minimum absolute atomic E-state index is 0.0760. The van der Waals surface area contributed by atoms with Crippen molar-refractivity contribution >= 4 is 63.7 Å². The number of pyridine rings is 1. The lowest BCUT2D eigenvalue weighted by Crippen LogP contribution is -2.52. The number of urea groups is 1. The molecule has 5 heterocycles. The first-order valence-corrected chi connectivity index (χ1v) is 21.9. The highest BCUT2D eigenvalue weighted by Crippen LogP contribution is 2.37. The Hall–Kier alpha value is -7.72. The summed E-state index contributed by atoms with van der Waals surface area (Å²) in [5.74, 6) is 0.694. The van der Waals surface area contributed by atoms with Crippen LogP contribution in [-0.2, 0) is 27.5 Å². The summed E-state index contributed by atoms with van der Waals surface area (Å²) in [5, 5.41) is 11.4. The molecule has 4 N–H and O–H groups in total. The molecule has 17 heteroatoms. The van der Waals surface area contributed by atoms with Crippen LogP contribution in [0.1, 0.15) is 53.2 Å². The lowest BCUT2D eigenvalue weighted by Gasteiger charge is -2.34. The number of rotatable bonds is 12. The van der Waals surface area contributed by atoms with Crippen LogP contribution in [0.3, 0.4) is 0 Å². The molecule has 2 fully saturated rings. The minimum Gasteiger partial charge on any atom is -0.497 e. The van der Waals surface area contributed by atoms with E-state index < -0.39 is 18.0 Å². The highest BCUT2D eigenvalue weighted by atomic mass is 35.5. The molecule has 0 radical (unpaired) electrons. The summed E-state index contributed by atoms with van der Waals surface area (Å²) in [4.78, 5) is 75.0. The van der Waals surface area contributed by atoms with Crippen molar-refractivity contribution in [3.63, 3.8) is 0 Å². The summed E-state index contributed by atoms with van der Waals surface area (Å²) < 4.78 is 13.4. The summed E-state index contributed by atoms with van der Waals surface area (Å²) in [6.07, 6.45) is 3.50. The SMILES string of the molecule is C=C(CN(C(=O)NCc1ccc2c(c1)CN(C1CCC(=O)NC1=O)C2=O)c1cc(Cl)cc(OC)c1)C(=O)N1CCC[C@@H](n2nc(-c3ccc(Oc4ccccc4)cc3)c3c(N)nccc32)C1. The van der Waals surface area contributed by atoms with Gasteiger partial charge in [0.25, 0.3) is 11.8 Å². The molecule has 0 aliphatic carbocycles. The molecule has 9 rings (SSSR count). The Morgan fingerprint density at radius 1 is 0.970 bits per heavy atom. The number of nitrogens with zero attached hydrogens (tertiary/aromatic N) is 6. The van der Waals surface area contributed by atoms with Crippen molar-refractivity contribution in [1.29, 1.82) is 0 Å². The maximum absolute atomic E-state index is 14.3. The van der Waals surface area contributed by atoms with Crippen molar-refractivity contribution in [2.24, 2.45) is 0 Å². The highest BCUT2D eigenvalue weighted by Gasteiger charge is 2.39. The summed E-state index contributed by atoms with van der Waals surface area (Å²) in [7, 11) is 1.49. The molecule has 6 aromatic rings. The summed E-state index contributed by atoms with van der Waals surface area (Å²) in [6, 6.07) is 27.6. The molecule has 2 atom stereocenters. The molecule has 4 aromatic carbocycles. The second-order valence-electron chi connectivity index (χ2n) is 16.5. The molecular weight excluding hydrogens is 862 g/mol. The number of nitrogens with two attached hydrogens (primary N) is 1. The summed E-state index contributed by atoms with van der Waals surface area (Å²) >= 11 is 6.49. The Kier molecular flexibility index (Phi) is 12.1. The number of amides is 6. The van der Waals surface area contributed by atoms with Gasteiger partial charge in [0, 0.05) is 66.6 Å². The molecule has 2 aromatic heterocycles. The molecule has 16 nitrogen and oxygen atoms in total. The Labute approximate surface area is 384 Å². The number of hydrogen-bond acceptors (Lipinski definition) is 10. The monoisotopic (exact) mass is 907 g/mol. The third kappa shape index (κ3) is 8.87. The Balaban J connectivity index is 0.904. The molecule has 3 aliphatic rings. The third-order valence-electron chi connectivity index (χ3n) is 12.1. The number of para-hydroxylation sites is 1. The van der Waals surface area contributed by atoms with Crippen LogP contribution in [0.4, 0.5) is 16.3 Å². The predicted octanol–water partition coefficient (Wildman–Crippen LogP) is 7.03. The smallest absolute Gasteiger partial charge is 0.322 e. The number of benzene rings is 4. The fourth-order valence-corrected chi connectivity index (χ4v) is 9.05. The van der Waals surface area contributed by atoms with Gasteiger partial charge in [-0.2, -0.15) is 5.10 Å². The first kappa shape index (κ1) is 43.5. The van der Waals surface area contributed by atoms with E-state index in [-0.39, 0.29) is 61.8 Å². The number of imide groups is 1. The first-order valence-electron chi connectivity index (χ1n) is 21.5. The number of fused-ring (bicyclic) bond motifs is 2. The van der Waals surface area contributed by atoms with Gasteiger partial charge in [-0.3, -0.25) is 34.1 Å². The summed E-state index contributed by atoms with van der Waals surface area (Å²) in [5.41, 5.74) is 11.2. The minimum atomic E-state index is -0.744. The van der Waals surface area contributed by atoms with Gasteiger partial charge < -0.3 is 30.3 Å². The van der Waals surface area contributed by atoms with E-state index in [1.165, 1.54) is 16.9 Å². The molecule has 0 bridgehead atoms. The molecule has 3 aliphatic heterocycles. The molecule has 2 saturated heterocycles. The van der Waals surface area contributed by atoms with Crippen molar-refractivity contribution in [1.82, 2.24) is 35.2 Å². The number of anilines is 2. The number of likely N-dealkylation sites (tertiary alicyclic amines) is 1. The number of ether oxygens (including phenoxy) is 2. The Bertz CT molecular complexity index is 2900. The van der Waals surface area contributed by atoms with Crippen LogP contribution in [0.2, 0.25) is 5.02 Å². The lowest BCUT2D eigenvalue weighted by atomic mass is 10.0. The zero-order valence-electron chi connectivity index (χ0n) is 36.0. The van der Waals surface area contributed by atoms with Gasteiger partial charge in [0.05, 0.1) is 36.3 Å². The van der Waals surface area contributed by atoms with Crippen molar-refractivity contribution in [2.75, 3.05) is 37.4 Å². The lowest BCUT2D eigenvalue weighted by molar-refractivity contribution is -0.137. The number of carbonyl (C=O) groups excluding carboxylic acids is 5. The largest absolute Gasteiger partial charge is 0.497 e. The zero-order chi connectivity index (χ0) is 46.1. The van der Waals surface area contributed by atoms with Crippen LogP contribution in [0.15, 0.2) is 115 Å². The summed E-state index contributed by atoms with van der Waals surface area (Å²) in [6.45, 7) is 5.09. The van der Waals surface area contributed by atoms with Crippen molar-refractivity contribution < 1.29 is 33.4 Å². The van der Waals surface area contributed by atoms with E-state index in [2.05, 4.69) is 22.2 Å². The second-order valence-corrected chi connectivity index (χ2v) is 16.9. The quantitative estimate of drug-likeness (QED) is 0.0848. The maximum atomic E-state index is 14.3. The number of aromatic nitrogens is 3. The third-order valence-corrected chi connectivity index (χ3v) is 12.3. The van der Waals surface area contributed by atoms with Crippen LogP contribution in [0.5, 0.6) is 17.2 Å². The van der Waals surface area contributed by atoms with Crippen molar-refractivity contribution in [2.45, 2.75) is 50.9 Å². The molecule has 0 saturated carbocycles. The van der Waals surface area contributed by atoms with E-state index in [1.807, 2.05) is 71.4 Å². The molecule has 66 heavy (non-hydrogen) atoms. The van der Waals surface area contributed by atoms with Crippen LogP contribution in [0, 0.1) is 0 Å². The molecule has 0 spiro atoms. The standard InChI is InChI=1S/C49H46ClN9O7/c1-29(47(62)56-20-6-7-34(28-56)59-40-18-19-52-45(51)43(40)44(55-59)31-11-13-37(14-12-31)66-36-8-4-3-5-9-36)26-57(35-22-33(50)23-38(24-35)65-2)49(64)53-25-30-10-15-39-32(21-30)27-58(48(39)63)41-16-17-42(60)54-46(41)61/h3-5,8-15,18-19,21-24,34,41H,1,6-7,16-17,20,25-28H2,2H3,(H2,51,52)(H,53,64)(H,54,60,61)/t34-,41?/m1/s1. The van der Waals surface area contributed by atoms with Crippen molar-refractivity contribution in [3.05, 3.63) is 137 Å². The highest BCUT2D eigenvalue weighted by molar-refractivity contribution is 6.31. The average Bonchev–Trinajstić information content (AvgIpc) is 3.88. The Morgan fingerprint density at radius 3 is 2.53 bits per heavy atom. The van der Waals surface area contributed by atoms with Gasteiger partial charge in [0.2, 0.25) is 11.8 Å². The van der Waals surface area contributed by atoms with Gasteiger partial charge in [-0.15, -0.1) is 0 Å². The normalized spacial score (nSPS) is 17.0. The van der Waals surface area contributed by atoms with Crippen LogP contribution in [0.25, 0.3) is 22.2 Å². The van der Waals surface area contributed by atoms with Crippen molar-refractivity contribution in [3.8, 4) is 28.5 Å². The number of hydrogen-bond donors (Lipinski definition) is 3. The van der Waals surface area contributed by atoms with Gasteiger partial charge in [-0.05, 0) is 91.1 Å². The van der Waals surface area contributed by atoms with Crippen LogP contribution >= 0.6 is 11.6 Å². The topological polar surface area (TPSA) is 194 Å². The number of methoxy groups -OCH3 is 1. The molecule has 336 valence electrons. The van der Waals surface area contributed by atoms with Gasteiger partial charge in [-0.25, -0.2) is 9.78 Å². The van der Waals surface area contributed by atoms with E-state index >= 15 is 0 Å². The van der Waals surface area contributed by atoms with E-state index in [0.29, 0.717) is 75.3 Å². The van der Waals surface area contributed by atoms with Crippen LogP contribution in [-0.4, -0.2) is 87.0 Å². The molecule has 6 amide bonds. The van der Waals surface area contributed by atoms with Gasteiger partial charge >= 0.3 is 6.03 Å². The van der Waals surface area contributed by atoms with Gasteiger partial charge in [0.15, 0.2) is 0 Å². The van der Waals surface area contributed by atoms with E-state index in [0.717, 1.165) is 23.3 Å². The first-order chi connectivity index (χ1) is 31.9. The number of piperidine rings is 2. The van der Waals surface area contributed by atoms with Gasteiger partial charge in [-0.1, -0.05) is 48.5 Å².